The number of ether oxygens (including phenoxy) is 9. The molecule has 4 atom stereocenters. The third-order valence-electron chi connectivity index (χ3n) is 7.69. The smallest absolute Gasteiger partial charge is 0.330 e. The minimum absolute atomic E-state index is 0.0252. The van der Waals surface area contributed by atoms with Crippen LogP contribution in [0.15, 0.2) is 50.6 Å². The van der Waals surface area contributed by atoms with Gasteiger partial charge < -0.3 is 42.6 Å². The van der Waals surface area contributed by atoms with Gasteiger partial charge >= 0.3 is 47.8 Å². The van der Waals surface area contributed by atoms with Gasteiger partial charge in [0, 0.05) is 50.0 Å². The molecule has 1 rings (SSSR count). The first-order chi connectivity index (χ1) is 26.9. The first-order valence-electron chi connectivity index (χ1n) is 18.5. The van der Waals surface area contributed by atoms with E-state index in [2.05, 4.69) is 26.3 Å². The summed E-state index contributed by atoms with van der Waals surface area (Å²) in [5.74, 6) is -5.35. The highest BCUT2D eigenvalue weighted by molar-refractivity contribution is 5.82. The second kappa shape index (κ2) is 30.0. The van der Waals surface area contributed by atoms with E-state index in [1.807, 2.05) is 0 Å². The summed E-state index contributed by atoms with van der Waals surface area (Å²) in [6.07, 6.45) is 1.67. The highest BCUT2D eigenvalue weighted by Crippen LogP contribution is 2.27. The van der Waals surface area contributed by atoms with Crippen molar-refractivity contribution < 1.29 is 81.0 Å². The molecule has 0 spiro atoms. The van der Waals surface area contributed by atoms with Gasteiger partial charge in [0.2, 0.25) is 12.4 Å². The fourth-order valence-electron chi connectivity index (χ4n) is 4.82. The SMILES string of the molecule is C=CC(=O)OCCCCCCC(=O)O[C@H]1C(OC(=O)CCCCOC(=O)C=C)OC[C@@H](OC(=O)CCCCOC(=O)C=C)[C@@H]1OC(=O)CCCCOC(=O)C=C. The van der Waals surface area contributed by atoms with Crippen molar-refractivity contribution >= 4 is 47.8 Å². The Balaban J connectivity index is 3.10. The summed E-state index contributed by atoms with van der Waals surface area (Å²) in [4.78, 5) is 97.1. The van der Waals surface area contributed by atoms with Gasteiger partial charge in [-0.25, -0.2) is 19.2 Å². The van der Waals surface area contributed by atoms with E-state index in [1.165, 1.54) is 0 Å². The third-order valence-corrected chi connectivity index (χ3v) is 7.69. The molecule has 1 fully saturated rings. The summed E-state index contributed by atoms with van der Waals surface area (Å²) in [6, 6.07) is 0. The highest BCUT2D eigenvalue weighted by Gasteiger charge is 2.49. The molecule has 1 aliphatic rings. The van der Waals surface area contributed by atoms with Crippen LogP contribution in [0.25, 0.3) is 0 Å². The van der Waals surface area contributed by atoms with Crippen LogP contribution in [0.2, 0.25) is 0 Å². The van der Waals surface area contributed by atoms with E-state index in [0.29, 0.717) is 44.9 Å². The molecule has 17 heteroatoms. The Kier molecular flexibility index (Phi) is 26.1. The van der Waals surface area contributed by atoms with Gasteiger partial charge in [-0.2, -0.15) is 0 Å². The number of carbonyl (C=O) groups is 8. The van der Waals surface area contributed by atoms with Gasteiger partial charge in [-0.3, -0.25) is 19.2 Å². The number of carbonyl (C=O) groups excluding carboxylic acids is 8. The standard InChI is InChI=1S/C39H54O17/c1-5-29(40)48-23-15-10-9-11-19-35(46)55-38-37(54-34(45)21-13-17-25-50-31(42)7-3)28(53-33(44)20-12-16-24-49-30(41)6-2)27-52-39(38)56-36(47)22-14-18-26-51-32(43)8-4/h5-8,28,37-39H,1-4,9-27H2/t28-,37+,38-,39?/m1/s1. The van der Waals surface area contributed by atoms with E-state index in [0.717, 1.165) is 24.3 Å². The molecule has 0 amide bonds. The van der Waals surface area contributed by atoms with E-state index in [1.54, 1.807) is 0 Å². The third kappa shape index (κ3) is 22.8. The lowest BCUT2D eigenvalue weighted by Gasteiger charge is -2.40. The van der Waals surface area contributed by atoms with Crippen LogP contribution in [0, 0.1) is 0 Å². The quantitative estimate of drug-likeness (QED) is 0.0434. The summed E-state index contributed by atoms with van der Waals surface area (Å²) in [6.45, 7) is 13.2. The van der Waals surface area contributed by atoms with Gasteiger partial charge in [0.1, 0.15) is 0 Å². The zero-order valence-electron chi connectivity index (χ0n) is 31.8. The summed E-state index contributed by atoms with van der Waals surface area (Å²) in [7, 11) is 0. The first kappa shape index (κ1) is 48.7. The average molecular weight is 795 g/mol. The first-order valence-corrected chi connectivity index (χ1v) is 18.5. The van der Waals surface area contributed by atoms with Crippen molar-refractivity contribution in [2.45, 2.75) is 114 Å². The maximum Gasteiger partial charge on any atom is 0.330 e. The topological polar surface area (TPSA) is 220 Å². The van der Waals surface area contributed by atoms with Crippen LogP contribution >= 0.6 is 0 Å². The average Bonchev–Trinajstić information content (AvgIpc) is 3.18. The Morgan fingerprint density at radius 3 is 1.16 bits per heavy atom. The predicted molar refractivity (Wildman–Crippen MR) is 195 cm³/mol. The van der Waals surface area contributed by atoms with E-state index < -0.39 is 79.0 Å². The van der Waals surface area contributed by atoms with Gasteiger partial charge in [0.25, 0.3) is 0 Å². The Bertz CT molecular complexity index is 1340. The minimum Gasteiger partial charge on any atom is -0.463 e. The monoisotopic (exact) mass is 794 g/mol. The summed E-state index contributed by atoms with van der Waals surface area (Å²) >= 11 is 0. The molecule has 0 bridgehead atoms. The lowest BCUT2D eigenvalue weighted by molar-refractivity contribution is -0.275. The summed E-state index contributed by atoms with van der Waals surface area (Å²) in [5.41, 5.74) is 0. The molecule has 0 aromatic heterocycles. The van der Waals surface area contributed by atoms with E-state index >= 15 is 0 Å². The van der Waals surface area contributed by atoms with Crippen molar-refractivity contribution in [2.24, 2.45) is 0 Å². The molecular formula is C39H54O17. The van der Waals surface area contributed by atoms with Crippen LogP contribution in [-0.2, 0) is 81.0 Å². The molecule has 1 saturated heterocycles. The lowest BCUT2D eigenvalue weighted by atomic mass is 10.0. The molecule has 1 heterocycles. The maximum absolute atomic E-state index is 13.2. The Labute approximate surface area is 326 Å². The van der Waals surface area contributed by atoms with E-state index in [9.17, 15) is 38.4 Å². The van der Waals surface area contributed by atoms with Crippen molar-refractivity contribution in [3.05, 3.63) is 50.6 Å². The van der Waals surface area contributed by atoms with E-state index in [-0.39, 0.29) is 71.4 Å². The van der Waals surface area contributed by atoms with E-state index in [4.69, 9.17) is 42.6 Å². The fourth-order valence-corrected chi connectivity index (χ4v) is 4.82. The van der Waals surface area contributed by atoms with Crippen molar-refractivity contribution in [1.82, 2.24) is 0 Å². The second-order valence-corrected chi connectivity index (χ2v) is 12.2. The Morgan fingerprint density at radius 2 is 0.750 bits per heavy atom. The summed E-state index contributed by atoms with van der Waals surface area (Å²) < 4.78 is 48.1. The van der Waals surface area contributed by atoms with Crippen LogP contribution in [0.3, 0.4) is 0 Å². The number of esters is 8. The predicted octanol–water partition coefficient (Wildman–Crippen LogP) is 4.00. The van der Waals surface area contributed by atoms with Crippen molar-refractivity contribution in [2.75, 3.05) is 33.0 Å². The van der Waals surface area contributed by atoms with Gasteiger partial charge in [-0.1, -0.05) is 39.2 Å². The van der Waals surface area contributed by atoms with Crippen LogP contribution in [0.1, 0.15) is 89.9 Å². The van der Waals surface area contributed by atoms with Gasteiger partial charge in [0.15, 0.2) is 12.2 Å². The van der Waals surface area contributed by atoms with Gasteiger partial charge in [0.05, 0.1) is 33.0 Å². The molecule has 0 aromatic carbocycles. The molecular weight excluding hydrogens is 740 g/mol. The molecule has 0 radical (unpaired) electrons. The second-order valence-electron chi connectivity index (χ2n) is 12.2. The number of hydrogen-bond acceptors (Lipinski definition) is 17. The zero-order chi connectivity index (χ0) is 41.6. The van der Waals surface area contributed by atoms with Crippen molar-refractivity contribution in [3.8, 4) is 0 Å². The number of hydrogen-bond donors (Lipinski definition) is 0. The molecule has 1 unspecified atom stereocenters. The highest BCUT2D eigenvalue weighted by atomic mass is 16.7. The zero-order valence-corrected chi connectivity index (χ0v) is 31.8. The molecule has 56 heavy (non-hydrogen) atoms. The van der Waals surface area contributed by atoms with Crippen molar-refractivity contribution in [3.63, 3.8) is 0 Å². The number of unbranched alkanes of at least 4 members (excludes halogenated alkanes) is 6. The molecule has 0 aliphatic carbocycles. The fraction of sp³-hybridized carbons (Fsp3) is 0.590. The Morgan fingerprint density at radius 1 is 0.429 bits per heavy atom. The van der Waals surface area contributed by atoms with Crippen LogP contribution in [-0.4, -0.2) is 105 Å². The Hall–Kier alpha value is -5.32. The van der Waals surface area contributed by atoms with Gasteiger partial charge in [-0.15, -0.1) is 0 Å². The molecule has 1 aliphatic heterocycles. The lowest BCUT2D eigenvalue weighted by Crippen LogP contribution is -2.58. The van der Waals surface area contributed by atoms with Crippen LogP contribution < -0.4 is 0 Å². The molecule has 0 aromatic rings. The van der Waals surface area contributed by atoms with Crippen LogP contribution in [0.4, 0.5) is 0 Å². The summed E-state index contributed by atoms with van der Waals surface area (Å²) in [5, 5.41) is 0. The molecule has 0 N–H and O–H groups in total. The molecule has 312 valence electrons. The largest absolute Gasteiger partial charge is 0.463 e. The normalized spacial score (nSPS) is 17.1. The number of rotatable bonds is 30. The molecule has 17 nitrogen and oxygen atoms in total. The van der Waals surface area contributed by atoms with Gasteiger partial charge in [-0.05, 0) is 51.4 Å². The molecule has 0 saturated carbocycles. The van der Waals surface area contributed by atoms with Crippen molar-refractivity contribution in [1.29, 1.82) is 0 Å². The minimum atomic E-state index is -1.56. The maximum atomic E-state index is 13.2. The van der Waals surface area contributed by atoms with Crippen LogP contribution in [0.5, 0.6) is 0 Å².